The molecule has 0 bridgehead atoms. The van der Waals surface area contributed by atoms with Crippen molar-refractivity contribution in [2.24, 2.45) is 0 Å². The zero-order chi connectivity index (χ0) is 25.8. The van der Waals surface area contributed by atoms with Crippen LogP contribution < -0.4 is 14.8 Å². The minimum atomic E-state index is -0.878. The molecular formula is C25H17ClF2N2O6. The molecule has 11 heteroatoms. The molecule has 1 aromatic heterocycles. The lowest BCUT2D eigenvalue weighted by molar-refractivity contribution is -0.384. The number of non-ortho nitro benzene ring substituents is 1. The monoisotopic (exact) mass is 514 g/mol. The van der Waals surface area contributed by atoms with Gasteiger partial charge in [-0.1, -0.05) is 11.6 Å². The highest BCUT2D eigenvalue weighted by atomic mass is 35.5. The van der Waals surface area contributed by atoms with Crippen LogP contribution in [0.2, 0.25) is 5.02 Å². The van der Waals surface area contributed by atoms with Crippen molar-refractivity contribution in [2.75, 3.05) is 5.32 Å². The Balaban J connectivity index is 1.47. The van der Waals surface area contributed by atoms with Crippen LogP contribution in [-0.4, -0.2) is 10.8 Å². The lowest BCUT2D eigenvalue weighted by Crippen LogP contribution is -2.11. The first-order valence-corrected chi connectivity index (χ1v) is 10.8. The average molecular weight is 515 g/mol. The average Bonchev–Trinajstić information content (AvgIpc) is 3.30. The Kier molecular flexibility index (Phi) is 7.16. The predicted molar refractivity (Wildman–Crippen MR) is 127 cm³/mol. The van der Waals surface area contributed by atoms with Crippen LogP contribution in [-0.2, 0) is 6.61 Å². The molecule has 8 nitrogen and oxygen atoms in total. The molecule has 4 aromatic rings. The Hall–Kier alpha value is -4.44. The van der Waals surface area contributed by atoms with Crippen LogP contribution in [0.5, 0.6) is 17.2 Å². The zero-order valence-corrected chi connectivity index (χ0v) is 19.3. The number of amides is 1. The molecule has 0 atom stereocenters. The van der Waals surface area contributed by atoms with Crippen LogP contribution >= 0.6 is 11.6 Å². The van der Waals surface area contributed by atoms with E-state index in [0.717, 1.165) is 17.7 Å². The maximum atomic E-state index is 13.7. The molecule has 0 spiro atoms. The van der Waals surface area contributed by atoms with Gasteiger partial charge >= 0.3 is 0 Å². The molecule has 1 amide bonds. The molecule has 4 rings (SSSR count). The Labute approximate surface area is 208 Å². The van der Waals surface area contributed by atoms with Gasteiger partial charge in [0.15, 0.2) is 17.3 Å². The van der Waals surface area contributed by atoms with Crippen LogP contribution in [0.3, 0.4) is 0 Å². The molecule has 3 aromatic carbocycles. The number of nitro benzene ring substituents is 1. The smallest absolute Gasteiger partial charge is 0.291 e. The fourth-order valence-electron chi connectivity index (χ4n) is 3.15. The normalized spacial score (nSPS) is 10.7. The maximum Gasteiger partial charge on any atom is 0.291 e. The van der Waals surface area contributed by atoms with Gasteiger partial charge in [-0.25, -0.2) is 8.78 Å². The van der Waals surface area contributed by atoms with E-state index in [1.807, 2.05) is 0 Å². The number of carbonyl (C=O) groups is 1. The standard InChI is InChI=1S/C25H17ClF2N2O6/c1-14-8-18(3-5-21(14)26)35-20-11-16(10-17(12-20)30(32)33)29-25(31)24-7-4-19(36-24)13-34-23-6-2-15(27)9-22(23)28/h2-12H,13H2,1H3,(H,29,31). The first kappa shape index (κ1) is 24.7. The zero-order valence-electron chi connectivity index (χ0n) is 18.6. The number of benzene rings is 3. The minimum Gasteiger partial charge on any atom is -0.483 e. The molecule has 0 fully saturated rings. The number of carbonyl (C=O) groups excluding carboxylic acids is 1. The van der Waals surface area contributed by atoms with E-state index in [4.69, 9.17) is 25.5 Å². The summed E-state index contributed by atoms with van der Waals surface area (Å²) in [6, 6.07) is 14.4. The van der Waals surface area contributed by atoms with Crippen LogP contribution in [0.25, 0.3) is 0 Å². The summed E-state index contributed by atoms with van der Waals surface area (Å²) in [6.07, 6.45) is 0. The van der Waals surface area contributed by atoms with Crippen molar-refractivity contribution >= 4 is 28.9 Å². The van der Waals surface area contributed by atoms with Gasteiger partial charge in [0.1, 0.15) is 29.7 Å². The number of halogens is 3. The molecule has 184 valence electrons. The van der Waals surface area contributed by atoms with E-state index >= 15 is 0 Å². The lowest BCUT2D eigenvalue weighted by atomic mass is 10.2. The van der Waals surface area contributed by atoms with E-state index in [1.165, 1.54) is 30.3 Å². The highest BCUT2D eigenvalue weighted by molar-refractivity contribution is 6.31. The summed E-state index contributed by atoms with van der Waals surface area (Å²) in [5, 5.41) is 14.5. The summed E-state index contributed by atoms with van der Waals surface area (Å²) in [5.74, 6) is -1.88. The lowest BCUT2D eigenvalue weighted by Gasteiger charge is -2.10. The van der Waals surface area contributed by atoms with Crippen molar-refractivity contribution < 1.29 is 32.4 Å². The van der Waals surface area contributed by atoms with Crippen molar-refractivity contribution in [2.45, 2.75) is 13.5 Å². The first-order chi connectivity index (χ1) is 17.2. The summed E-state index contributed by atoms with van der Waals surface area (Å²) < 4.78 is 43.1. The number of nitrogens with one attached hydrogen (secondary N) is 1. The molecular weight excluding hydrogens is 498 g/mol. The van der Waals surface area contributed by atoms with Gasteiger partial charge in [-0.3, -0.25) is 14.9 Å². The number of hydrogen-bond donors (Lipinski definition) is 1. The van der Waals surface area contributed by atoms with Gasteiger partial charge in [0.25, 0.3) is 11.6 Å². The van der Waals surface area contributed by atoms with Crippen molar-refractivity contribution in [3.63, 3.8) is 0 Å². The van der Waals surface area contributed by atoms with Gasteiger partial charge in [-0.15, -0.1) is 0 Å². The van der Waals surface area contributed by atoms with Crippen molar-refractivity contribution in [1.29, 1.82) is 0 Å². The highest BCUT2D eigenvalue weighted by Crippen LogP contribution is 2.31. The third-order valence-corrected chi connectivity index (χ3v) is 5.30. The second kappa shape index (κ2) is 10.4. The summed E-state index contributed by atoms with van der Waals surface area (Å²) >= 11 is 6.02. The minimum absolute atomic E-state index is 0.0949. The van der Waals surface area contributed by atoms with E-state index < -0.39 is 22.5 Å². The molecule has 0 saturated heterocycles. The van der Waals surface area contributed by atoms with E-state index in [0.29, 0.717) is 16.8 Å². The third kappa shape index (κ3) is 5.97. The van der Waals surface area contributed by atoms with Gasteiger partial charge in [-0.2, -0.15) is 0 Å². The van der Waals surface area contributed by atoms with Crippen LogP contribution in [0.15, 0.2) is 71.1 Å². The molecule has 0 aliphatic carbocycles. The highest BCUT2D eigenvalue weighted by Gasteiger charge is 2.17. The van der Waals surface area contributed by atoms with Gasteiger partial charge < -0.3 is 19.2 Å². The van der Waals surface area contributed by atoms with E-state index in [-0.39, 0.29) is 41.0 Å². The summed E-state index contributed by atoms with van der Waals surface area (Å²) in [6.45, 7) is 1.57. The predicted octanol–water partition coefficient (Wildman–Crippen LogP) is 7.05. The largest absolute Gasteiger partial charge is 0.483 e. The number of nitro groups is 1. The second-order valence-electron chi connectivity index (χ2n) is 7.57. The number of ether oxygens (including phenoxy) is 2. The summed E-state index contributed by atoms with van der Waals surface area (Å²) in [4.78, 5) is 23.4. The first-order valence-electron chi connectivity index (χ1n) is 10.4. The number of nitrogens with zero attached hydrogens (tertiary/aromatic N) is 1. The van der Waals surface area contributed by atoms with Gasteiger partial charge in [0.05, 0.1) is 16.7 Å². The Morgan fingerprint density at radius 1 is 1.06 bits per heavy atom. The molecule has 0 aliphatic rings. The fourth-order valence-corrected chi connectivity index (χ4v) is 3.27. The van der Waals surface area contributed by atoms with Crippen molar-refractivity contribution in [1.82, 2.24) is 0 Å². The number of rotatable bonds is 8. The summed E-state index contributed by atoms with van der Waals surface area (Å²) in [7, 11) is 0. The van der Waals surface area contributed by atoms with Gasteiger partial charge in [0, 0.05) is 23.2 Å². The van der Waals surface area contributed by atoms with Crippen LogP contribution in [0.1, 0.15) is 21.9 Å². The molecule has 36 heavy (non-hydrogen) atoms. The van der Waals surface area contributed by atoms with E-state index in [2.05, 4.69) is 5.32 Å². The third-order valence-electron chi connectivity index (χ3n) is 4.87. The molecule has 0 unspecified atom stereocenters. The Morgan fingerprint density at radius 2 is 1.86 bits per heavy atom. The van der Waals surface area contributed by atoms with E-state index in [1.54, 1.807) is 25.1 Å². The molecule has 1 N–H and O–H groups in total. The SMILES string of the molecule is Cc1cc(Oc2cc(NC(=O)c3ccc(COc4ccc(F)cc4F)o3)cc([N+](=O)[O-])c2)ccc1Cl. The number of furan rings is 1. The summed E-state index contributed by atoms with van der Waals surface area (Å²) in [5.41, 5.74) is 0.550. The molecule has 0 aliphatic heterocycles. The van der Waals surface area contributed by atoms with Gasteiger partial charge in [0.2, 0.25) is 0 Å². The van der Waals surface area contributed by atoms with Crippen molar-refractivity contribution in [3.8, 4) is 17.2 Å². The number of aryl methyl sites for hydroxylation is 1. The van der Waals surface area contributed by atoms with Gasteiger partial charge in [-0.05, 0) is 55.0 Å². The van der Waals surface area contributed by atoms with Crippen molar-refractivity contribution in [3.05, 3.63) is 111 Å². The van der Waals surface area contributed by atoms with E-state index in [9.17, 15) is 23.7 Å². The fraction of sp³-hybridized carbons (Fsp3) is 0.0800. The second-order valence-corrected chi connectivity index (χ2v) is 7.98. The molecule has 1 heterocycles. The molecule has 0 radical (unpaired) electrons. The quantitative estimate of drug-likeness (QED) is 0.199. The Bertz CT molecular complexity index is 1460. The number of anilines is 1. The maximum absolute atomic E-state index is 13.7. The molecule has 0 saturated carbocycles. The topological polar surface area (TPSA) is 104 Å². The van der Waals surface area contributed by atoms with Crippen LogP contribution in [0.4, 0.5) is 20.2 Å². The number of hydrogen-bond acceptors (Lipinski definition) is 6. The Morgan fingerprint density at radius 3 is 2.58 bits per heavy atom. The van der Waals surface area contributed by atoms with Crippen LogP contribution in [0, 0.1) is 28.7 Å².